The molecule has 1 aliphatic carbocycles. The predicted molar refractivity (Wildman–Crippen MR) is 44.8 cm³/mol. The van der Waals surface area contributed by atoms with E-state index in [2.05, 4.69) is 0 Å². The lowest BCUT2D eigenvalue weighted by Crippen LogP contribution is -2.40. The first-order chi connectivity index (χ1) is 5.61. The standard InChI is InChI=1S/C9H16O3/c1-9(8(11)12)5-3-2-4-7(9)6-10/h7,10H,2-6H2,1H3,(H,11,12). The van der Waals surface area contributed by atoms with Crippen LogP contribution in [0.2, 0.25) is 0 Å². The Labute approximate surface area is 72.4 Å². The minimum Gasteiger partial charge on any atom is -0.481 e. The first kappa shape index (κ1) is 9.52. The van der Waals surface area contributed by atoms with Gasteiger partial charge in [-0.05, 0) is 25.7 Å². The van der Waals surface area contributed by atoms with Crippen LogP contribution in [0.3, 0.4) is 0 Å². The number of rotatable bonds is 2. The summed E-state index contributed by atoms with van der Waals surface area (Å²) in [6.07, 6.45) is 3.57. The van der Waals surface area contributed by atoms with Crippen molar-refractivity contribution < 1.29 is 15.0 Å². The van der Waals surface area contributed by atoms with Gasteiger partial charge < -0.3 is 10.2 Å². The lowest BCUT2D eigenvalue weighted by molar-refractivity contribution is -0.155. The average molecular weight is 172 g/mol. The van der Waals surface area contributed by atoms with Gasteiger partial charge in [0.25, 0.3) is 0 Å². The van der Waals surface area contributed by atoms with E-state index in [1.54, 1.807) is 6.92 Å². The highest BCUT2D eigenvalue weighted by Gasteiger charge is 2.42. The van der Waals surface area contributed by atoms with E-state index < -0.39 is 11.4 Å². The van der Waals surface area contributed by atoms with E-state index in [1.165, 1.54) is 0 Å². The van der Waals surface area contributed by atoms with Gasteiger partial charge in [0.2, 0.25) is 0 Å². The minimum absolute atomic E-state index is 0.00278. The van der Waals surface area contributed by atoms with Crippen LogP contribution >= 0.6 is 0 Å². The molecule has 1 rings (SSSR count). The number of carbonyl (C=O) groups is 1. The normalized spacial score (nSPS) is 36.3. The zero-order valence-electron chi connectivity index (χ0n) is 7.42. The van der Waals surface area contributed by atoms with Gasteiger partial charge in [0.1, 0.15) is 0 Å². The van der Waals surface area contributed by atoms with Crippen molar-refractivity contribution in [3.05, 3.63) is 0 Å². The largest absolute Gasteiger partial charge is 0.481 e. The van der Waals surface area contributed by atoms with Gasteiger partial charge in [-0.1, -0.05) is 12.8 Å². The summed E-state index contributed by atoms with van der Waals surface area (Å²) in [5, 5.41) is 18.0. The lowest BCUT2D eigenvalue weighted by atomic mass is 9.68. The van der Waals surface area contributed by atoms with Gasteiger partial charge in [0, 0.05) is 6.61 Å². The van der Waals surface area contributed by atoms with E-state index in [9.17, 15) is 4.79 Å². The van der Waals surface area contributed by atoms with Crippen LogP contribution in [0.1, 0.15) is 32.6 Å². The third-order valence-electron chi connectivity index (χ3n) is 3.11. The van der Waals surface area contributed by atoms with E-state index in [4.69, 9.17) is 10.2 Å². The molecule has 0 aliphatic heterocycles. The smallest absolute Gasteiger partial charge is 0.309 e. The summed E-state index contributed by atoms with van der Waals surface area (Å²) in [6.45, 7) is 1.75. The number of aliphatic hydroxyl groups is 1. The zero-order chi connectivity index (χ0) is 9.19. The van der Waals surface area contributed by atoms with Crippen molar-refractivity contribution in [2.24, 2.45) is 11.3 Å². The van der Waals surface area contributed by atoms with E-state index in [0.717, 1.165) is 19.3 Å². The molecule has 1 aliphatic rings. The molecule has 1 fully saturated rings. The highest BCUT2D eigenvalue weighted by molar-refractivity contribution is 5.74. The molecule has 3 nitrogen and oxygen atoms in total. The summed E-state index contributed by atoms with van der Waals surface area (Å²) in [4.78, 5) is 10.9. The molecule has 3 heteroatoms. The molecular weight excluding hydrogens is 156 g/mol. The van der Waals surface area contributed by atoms with Gasteiger partial charge in [-0.15, -0.1) is 0 Å². The van der Waals surface area contributed by atoms with Crippen LogP contribution in [0.25, 0.3) is 0 Å². The molecule has 70 valence electrons. The third-order valence-corrected chi connectivity index (χ3v) is 3.11. The number of aliphatic carboxylic acids is 1. The van der Waals surface area contributed by atoms with Crippen molar-refractivity contribution in [1.29, 1.82) is 0 Å². The molecule has 2 unspecified atom stereocenters. The Morgan fingerprint density at radius 2 is 2.25 bits per heavy atom. The fraction of sp³-hybridized carbons (Fsp3) is 0.889. The maximum atomic E-state index is 10.9. The zero-order valence-corrected chi connectivity index (χ0v) is 7.42. The monoisotopic (exact) mass is 172 g/mol. The van der Waals surface area contributed by atoms with Crippen LogP contribution < -0.4 is 0 Å². The number of hydrogen-bond acceptors (Lipinski definition) is 2. The molecule has 0 aromatic rings. The summed E-state index contributed by atoms with van der Waals surface area (Å²) in [6, 6.07) is 0. The van der Waals surface area contributed by atoms with Crippen molar-refractivity contribution in [3.8, 4) is 0 Å². The molecule has 2 atom stereocenters. The number of hydrogen-bond donors (Lipinski definition) is 2. The SMILES string of the molecule is CC1(C(=O)O)CCCCC1CO. The first-order valence-corrected chi connectivity index (χ1v) is 4.45. The van der Waals surface area contributed by atoms with Crippen molar-refractivity contribution >= 4 is 5.97 Å². The summed E-state index contributed by atoms with van der Waals surface area (Å²) >= 11 is 0. The van der Waals surface area contributed by atoms with Gasteiger partial charge in [0.15, 0.2) is 0 Å². The topological polar surface area (TPSA) is 57.5 Å². The van der Waals surface area contributed by atoms with Gasteiger partial charge in [-0.2, -0.15) is 0 Å². The van der Waals surface area contributed by atoms with Gasteiger partial charge in [-0.25, -0.2) is 0 Å². The Morgan fingerprint density at radius 1 is 1.58 bits per heavy atom. The van der Waals surface area contributed by atoms with Gasteiger partial charge in [0.05, 0.1) is 5.41 Å². The van der Waals surface area contributed by atoms with Crippen molar-refractivity contribution in [3.63, 3.8) is 0 Å². The highest BCUT2D eigenvalue weighted by Crippen LogP contribution is 2.40. The van der Waals surface area contributed by atoms with Crippen LogP contribution in [-0.4, -0.2) is 22.8 Å². The summed E-state index contributed by atoms with van der Waals surface area (Å²) in [5.41, 5.74) is -0.687. The summed E-state index contributed by atoms with van der Waals surface area (Å²) in [7, 11) is 0. The van der Waals surface area contributed by atoms with E-state index in [1.807, 2.05) is 0 Å². The molecular formula is C9H16O3. The Kier molecular flexibility index (Phi) is 2.73. The van der Waals surface area contributed by atoms with Crippen LogP contribution in [0, 0.1) is 11.3 Å². The molecule has 1 saturated carbocycles. The molecule has 0 amide bonds. The van der Waals surface area contributed by atoms with E-state index >= 15 is 0 Å². The molecule has 0 radical (unpaired) electrons. The highest BCUT2D eigenvalue weighted by atomic mass is 16.4. The second-order valence-corrected chi connectivity index (χ2v) is 3.85. The maximum absolute atomic E-state index is 10.9. The third kappa shape index (κ3) is 1.46. The molecule has 0 saturated heterocycles. The average Bonchev–Trinajstić information content (AvgIpc) is 2.05. The van der Waals surface area contributed by atoms with Crippen LogP contribution in [0.15, 0.2) is 0 Å². The Bertz CT molecular complexity index is 179. The molecule has 0 spiro atoms. The van der Waals surface area contributed by atoms with Gasteiger partial charge >= 0.3 is 5.97 Å². The van der Waals surface area contributed by atoms with E-state index in [-0.39, 0.29) is 12.5 Å². The second-order valence-electron chi connectivity index (χ2n) is 3.85. The minimum atomic E-state index is -0.763. The number of aliphatic hydroxyl groups excluding tert-OH is 1. The molecule has 0 aromatic heterocycles. The molecule has 2 N–H and O–H groups in total. The van der Waals surface area contributed by atoms with Gasteiger partial charge in [-0.3, -0.25) is 4.79 Å². The fourth-order valence-electron chi connectivity index (χ4n) is 1.98. The summed E-state index contributed by atoms with van der Waals surface area (Å²) < 4.78 is 0. The number of carboxylic acid groups (broad SMARTS) is 1. The van der Waals surface area contributed by atoms with Crippen molar-refractivity contribution in [1.82, 2.24) is 0 Å². The fourth-order valence-corrected chi connectivity index (χ4v) is 1.98. The lowest BCUT2D eigenvalue weighted by Gasteiger charge is -2.36. The summed E-state index contributed by atoms with van der Waals surface area (Å²) in [5.74, 6) is -0.815. The predicted octanol–water partition coefficient (Wildman–Crippen LogP) is 1.26. The van der Waals surface area contributed by atoms with Crippen LogP contribution in [-0.2, 0) is 4.79 Å². The molecule has 12 heavy (non-hydrogen) atoms. The van der Waals surface area contributed by atoms with Crippen molar-refractivity contribution in [2.75, 3.05) is 6.61 Å². The number of carboxylic acids is 1. The van der Waals surface area contributed by atoms with Crippen molar-refractivity contribution in [2.45, 2.75) is 32.6 Å². The quantitative estimate of drug-likeness (QED) is 0.659. The van der Waals surface area contributed by atoms with Crippen LogP contribution in [0.4, 0.5) is 0 Å². The maximum Gasteiger partial charge on any atom is 0.309 e. The molecule has 0 bridgehead atoms. The Balaban J connectivity index is 2.75. The van der Waals surface area contributed by atoms with E-state index in [0.29, 0.717) is 6.42 Å². The second kappa shape index (κ2) is 3.44. The first-order valence-electron chi connectivity index (χ1n) is 4.45. The molecule has 0 heterocycles. The Hall–Kier alpha value is -0.570. The van der Waals surface area contributed by atoms with Crippen LogP contribution in [0.5, 0.6) is 0 Å². The molecule has 0 aromatic carbocycles. The Morgan fingerprint density at radius 3 is 2.67 bits per heavy atom.